The minimum Gasteiger partial charge on any atom is -0.488 e. The number of rotatable bonds is 4. The van der Waals surface area contributed by atoms with Crippen LogP contribution in [0.1, 0.15) is 29.7 Å². The highest BCUT2D eigenvalue weighted by atomic mass is 16.5. The van der Waals surface area contributed by atoms with E-state index < -0.39 is 0 Å². The number of benzene rings is 1. The lowest BCUT2D eigenvalue weighted by Gasteiger charge is -2.17. The molecule has 3 rings (SSSR count). The van der Waals surface area contributed by atoms with Crippen molar-refractivity contribution in [2.45, 2.75) is 32.4 Å². The van der Waals surface area contributed by atoms with E-state index in [2.05, 4.69) is 42.3 Å². The molecule has 0 spiro atoms. The fraction of sp³-hybridized carbons (Fsp3) is 0.353. The number of ether oxygens (including phenoxy) is 1. The van der Waals surface area contributed by atoms with Crippen LogP contribution < -0.4 is 10.1 Å². The predicted molar refractivity (Wildman–Crippen MR) is 80.0 cm³/mol. The van der Waals surface area contributed by atoms with Gasteiger partial charge in [-0.1, -0.05) is 17.7 Å². The van der Waals surface area contributed by atoms with E-state index in [-0.39, 0.29) is 6.10 Å². The Bertz CT molecular complexity index is 583. The highest BCUT2D eigenvalue weighted by Gasteiger charge is 2.23. The first kappa shape index (κ1) is 13.1. The van der Waals surface area contributed by atoms with E-state index in [1.54, 1.807) is 0 Å². The second-order valence-corrected chi connectivity index (χ2v) is 5.47. The number of aromatic nitrogens is 1. The number of pyridine rings is 1. The van der Waals surface area contributed by atoms with Gasteiger partial charge < -0.3 is 10.1 Å². The fourth-order valence-corrected chi connectivity index (χ4v) is 2.64. The third-order valence-electron chi connectivity index (χ3n) is 3.82. The molecule has 1 aromatic heterocycles. The van der Waals surface area contributed by atoms with Crippen LogP contribution in [0, 0.1) is 6.92 Å². The molecule has 3 nitrogen and oxygen atoms in total. The third-order valence-corrected chi connectivity index (χ3v) is 3.82. The van der Waals surface area contributed by atoms with Gasteiger partial charge in [0.15, 0.2) is 0 Å². The number of aryl methyl sites for hydroxylation is 1. The van der Waals surface area contributed by atoms with Crippen molar-refractivity contribution < 1.29 is 4.74 Å². The van der Waals surface area contributed by atoms with Gasteiger partial charge in [0.05, 0.1) is 0 Å². The predicted octanol–water partition coefficient (Wildman–Crippen LogP) is 3.04. The van der Waals surface area contributed by atoms with Crippen molar-refractivity contribution in [2.24, 2.45) is 0 Å². The molecule has 0 saturated carbocycles. The van der Waals surface area contributed by atoms with E-state index in [0.717, 1.165) is 18.7 Å². The van der Waals surface area contributed by atoms with E-state index in [1.807, 2.05) is 24.5 Å². The molecule has 3 heteroatoms. The van der Waals surface area contributed by atoms with Crippen LogP contribution in [-0.2, 0) is 6.42 Å². The summed E-state index contributed by atoms with van der Waals surface area (Å²) in [5.41, 5.74) is 3.88. The largest absolute Gasteiger partial charge is 0.488 e. The van der Waals surface area contributed by atoms with Gasteiger partial charge in [-0.15, -0.1) is 0 Å². The number of nitrogens with one attached hydrogen (secondary N) is 1. The topological polar surface area (TPSA) is 34.2 Å². The summed E-state index contributed by atoms with van der Waals surface area (Å²) < 4.78 is 5.97. The monoisotopic (exact) mass is 268 g/mol. The lowest BCUT2D eigenvalue weighted by atomic mass is 10.1. The van der Waals surface area contributed by atoms with Crippen LogP contribution in [0.3, 0.4) is 0 Å². The van der Waals surface area contributed by atoms with Gasteiger partial charge in [-0.3, -0.25) is 4.98 Å². The van der Waals surface area contributed by atoms with Crippen LogP contribution in [0.2, 0.25) is 0 Å². The zero-order chi connectivity index (χ0) is 13.9. The average molecular weight is 268 g/mol. The maximum absolute atomic E-state index is 5.97. The normalized spacial score (nSPS) is 18.4. The standard InChI is InChI=1S/C17H20N2O/c1-12-3-4-17-15(9-12)10-16(20-17)11-19-13(2)14-5-7-18-8-6-14/h3-9,13,16,19H,10-11H2,1-2H3. The van der Waals surface area contributed by atoms with Gasteiger partial charge in [-0.05, 0) is 43.2 Å². The summed E-state index contributed by atoms with van der Waals surface area (Å²) in [7, 11) is 0. The van der Waals surface area contributed by atoms with Crippen molar-refractivity contribution >= 4 is 0 Å². The number of hydrogen-bond donors (Lipinski definition) is 1. The van der Waals surface area contributed by atoms with Crippen molar-refractivity contribution in [2.75, 3.05) is 6.54 Å². The summed E-state index contributed by atoms with van der Waals surface area (Å²) in [6.45, 7) is 5.15. The lowest BCUT2D eigenvalue weighted by molar-refractivity contribution is 0.222. The van der Waals surface area contributed by atoms with Crippen LogP contribution in [0.4, 0.5) is 0 Å². The molecule has 0 fully saturated rings. The molecular formula is C17H20N2O. The zero-order valence-electron chi connectivity index (χ0n) is 12.0. The molecule has 2 atom stereocenters. The molecule has 0 bridgehead atoms. The molecule has 2 heterocycles. The minimum absolute atomic E-state index is 0.232. The smallest absolute Gasteiger partial charge is 0.123 e. The first-order chi connectivity index (χ1) is 9.72. The van der Waals surface area contributed by atoms with Gasteiger partial charge in [-0.25, -0.2) is 0 Å². The maximum Gasteiger partial charge on any atom is 0.123 e. The summed E-state index contributed by atoms with van der Waals surface area (Å²) in [6, 6.07) is 10.8. The molecule has 0 aliphatic carbocycles. The summed E-state index contributed by atoms with van der Waals surface area (Å²) in [5, 5.41) is 3.54. The molecule has 20 heavy (non-hydrogen) atoms. The lowest BCUT2D eigenvalue weighted by Crippen LogP contribution is -2.31. The molecule has 104 valence electrons. The van der Waals surface area contributed by atoms with Crippen LogP contribution in [-0.4, -0.2) is 17.6 Å². The average Bonchev–Trinajstić information content (AvgIpc) is 2.87. The summed E-state index contributed by atoms with van der Waals surface area (Å²) in [6.07, 6.45) is 4.89. The number of nitrogens with zero attached hydrogens (tertiary/aromatic N) is 1. The van der Waals surface area contributed by atoms with Gasteiger partial charge >= 0.3 is 0 Å². The second kappa shape index (κ2) is 5.63. The van der Waals surface area contributed by atoms with Gasteiger partial charge in [0.1, 0.15) is 11.9 Å². The van der Waals surface area contributed by atoms with Crippen molar-refractivity contribution in [1.29, 1.82) is 0 Å². The Hall–Kier alpha value is -1.87. The molecule has 1 aliphatic heterocycles. The van der Waals surface area contributed by atoms with E-state index >= 15 is 0 Å². The van der Waals surface area contributed by atoms with E-state index in [0.29, 0.717) is 6.04 Å². The summed E-state index contributed by atoms with van der Waals surface area (Å²) in [5.74, 6) is 1.04. The third kappa shape index (κ3) is 2.83. The quantitative estimate of drug-likeness (QED) is 0.925. The Balaban J connectivity index is 1.56. The Morgan fingerprint density at radius 2 is 2.10 bits per heavy atom. The molecule has 0 amide bonds. The van der Waals surface area contributed by atoms with Crippen LogP contribution >= 0.6 is 0 Å². The first-order valence-corrected chi connectivity index (χ1v) is 7.12. The highest BCUT2D eigenvalue weighted by Crippen LogP contribution is 2.29. The van der Waals surface area contributed by atoms with E-state index in [1.165, 1.54) is 16.7 Å². The van der Waals surface area contributed by atoms with Crippen LogP contribution in [0.15, 0.2) is 42.7 Å². The van der Waals surface area contributed by atoms with Crippen molar-refractivity contribution in [1.82, 2.24) is 10.3 Å². The molecule has 2 unspecified atom stereocenters. The van der Waals surface area contributed by atoms with Crippen molar-refractivity contribution in [3.8, 4) is 5.75 Å². The Kier molecular flexibility index (Phi) is 3.70. The Labute approximate surface area is 120 Å². The molecule has 1 aromatic carbocycles. The van der Waals surface area contributed by atoms with Gasteiger partial charge in [-0.2, -0.15) is 0 Å². The van der Waals surface area contributed by atoms with Crippen molar-refractivity contribution in [3.05, 3.63) is 59.4 Å². The van der Waals surface area contributed by atoms with E-state index in [4.69, 9.17) is 4.74 Å². The molecule has 1 aliphatic rings. The fourth-order valence-electron chi connectivity index (χ4n) is 2.64. The number of hydrogen-bond acceptors (Lipinski definition) is 3. The number of fused-ring (bicyclic) bond motifs is 1. The van der Waals surface area contributed by atoms with Crippen LogP contribution in [0.25, 0.3) is 0 Å². The molecule has 0 radical (unpaired) electrons. The van der Waals surface area contributed by atoms with E-state index in [9.17, 15) is 0 Å². The summed E-state index contributed by atoms with van der Waals surface area (Å²) >= 11 is 0. The zero-order valence-corrected chi connectivity index (χ0v) is 12.0. The second-order valence-electron chi connectivity index (χ2n) is 5.47. The minimum atomic E-state index is 0.232. The highest BCUT2D eigenvalue weighted by molar-refractivity contribution is 5.40. The maximum atomic E-state index is 5.97. The molecule has 1 N–H and O–H groups in total. The van der Waals surface area contributed by atoms with Crippen molar-refractivity contribution in [3.63, 3.8) is 0 Å². The SMILES string of the molecule is Cc1ccc2c(c1)CC(CNC(C)c1ccncc1)O2. The van der Waals surface area contributed by atoms with Gasteiger partial charge in [0.25, 0.3) is 0 Å². The first-order valence-electron chi connectivity index (χ1n) is 7.12. The molecule has 0 saturated heterocycles. The van der Waals surface area contributed by atoms with Gasteiger partial charge in [0, 0.05) is 31.4 Å². The van der Waals surface area contributed by atoms with Crippen LogP contribution in [0.5, 0.6) is 5.75 Å². The Morgan fingerprint density at radius 3 is 2.90 bits per heavy atom. The summed E-state index contributed by atoms with van der Waals surface area (Å²) in [4.78, 5) is 4.05. The Morgan fingerprint density at radius 1 is 1.30 bits per heavy atom. The molecule has 2 aromatic rings. The molecular weight excluding hydrogens is 248 g/mol. The van der Waals surface area contributed by atoms with Gasteiger partial charge in [0.2, 0.25) is 0 Å².